The lowest BCUT2D eigenvalue weighted by atomic mass is 10.2. The number of hydrogen-bond acceptors (Lipinski definition) is 5. The summed E-state index contributed by atoms with van der Waals surface area (Å²) in [6.45, 7) is 1.80. The van der Waals surface area contributed by atoms with E-state index in [4.69, 9.17) is 0 Å². The van der Waals surface area contributed by atoms with Gasteiger partial charge >= 0.3 is 0 Å². The van der Waals surface area contributed by atoms with E-state index in [0.29, 0.717) is 5.69 Å². The molecule has 0 spiro atoms. The molecule has 1 aromatic carbocycles. The molecule has 1 aliphatic carbocycles. The molecule has 3 rings (SSSR count). The lowest BCUT2D eigenvalue weighted by Gasteiger charge is -2.21. The molecule has 0 unspecified atom stereocenters. The Balaban J connectivity index is 1.65. The Hall–Kier alpha value is -1.54. The largest absolute Gasteiger partial charge is 0.353 e. The van der Waals surface area contributed by atoms with Gasteiger partial charge in [-0.05, 0) is 38.0 Å². The molecule has 6 nitrogen and oxygen atoms in total. The van der Waals surface area contributed by atoms with Gasteiger partial charge in [-0.15, -0.1) is 11.8 Å². The van der Waals surface area contributed by atoms with Crippen molar-refractivity contribution < 1.29 is 18.0 Å². The molecule has 1 fully saturated rings. The first-order valence-electron chi connectivity index (χ1n) is 8.49. The molecule has 2 aliphatic rings. The molecule has 0 radical (unpaired) electrons. The Kier molecular flexibility index (Phi) is 5.38. The van der Waals surface area contributed by atoms with E-state index in [-0.39, 0.29) is 40.2 Å². The molecule has 0 bridgehead atoms. The van der Waals surface area contributed by atoms with Crippen molar-refractivity contribution in [2.24, 2.45) is 0 Å². The highest BCUT2D eigenvalue weighted by atomic mass is 32.2. The molecule has 1 aliphatic heterocycles. The van der Waals surface area contributed by atoms with Crippen molar-refractivity contribution in [3.05, 3.63) is 18.2 Å². The minimum Gasteiger partial charge on any atom is -0.353 e. The van der Waals surface area contributed by atoms with E-state index in [0.717, 1.165) is 30.6 Å². The van der Waals surface area contributed by atoms with Crippen LogP contribution in [-0.4, -0.2) is 37.3 Å². The van der Waals surface area contributed by atoms with E-state index in [1.807, 2.05) is 0 Å². The second kappa shape index (κ2) is 7.37. The maximum absolute atomic E-state index is 12.5. The van der Waals surface area contributed by atoms with Crippen LogP contribution in [-0.2, 0) is 19.4 Å². The highest BCUT2D eigenvalue weighted by Crippen LogP contribution is 2.36. The van der Waals surface area contributed by atoms with Crippen LogP contribution >= 0.6 is 11.8 Å². The van der Waals surface area contributed by atoms with Crippen molar-refractivity contribution >= 4 is 39.1 Å². The molecule has 25 heavy (non-hydrogen) atoms. The Bertz CT molecular complexity index is 786. The Morgan fingerprint density at radius 1 is 1.32 bits per heavy atom. The van der Waals surface area contributed by atoms with Gasteiger partial charge in [0, 0.05) is 17.4 Å². The third-order valence-corrected chi connectivity index (χ3v) is 7.45. The summed E-state index contributed by atoms with van der Waals surface area (Å²) in [6, 6.07) is 4.92. The van der Waals surface area contributed by atoms with E-state index in [1.54, 1.807) is 19.1 Å². The maximum atomic E-state index is 12.5. The van der Waals surface area contributed by atoms with Gasteiger partial charge in [0.1, 0.15) is 0 Å². The molecule has 2 N–H and O–H groups in total. The molecule has 0 aromatic heterocycles. The highest BCUT2D eigenvalue weighted by Gasteiger charge is 2.25. The molecule has 1 aromatic rings. The van der Waals surface area contributed by atoms with Gasteiger partial charge in [-0.2, -0.15) is 0 Å². The Morgan fingerprint density at radius 3 is 2.76 bits per heavy atom. The van der Waals surface area contributed by atoms with Crippen molar-refractivity contribution in [1.29, 1.82) is 0 Å². The van der Waals surface area contributed by atoms with Crippen LogP contribution in [0.25, 0.3) is 0 Å². The lowest BCUT2D eigenvalue weighted by Crippen LogP contribution is -2.33. The van der Waals surface area contributed by atoms with Crippen LogP contribution in [0.5, 0.6) is 0 Å². The molecule has 8 heteroatoms. The predicted molar refractivity (Wildman–Crippen MR) is 97.5 cm³/mol. The summed E-state index contributed by atoms with van der Waals surface area (Å²) >= 11 is 1.40. The minimum absolute atomic E-state index is 0.0476. The van der Waals surface area contributed by atoms with E-state index in [9.17, 15) is 18.0 Å². The highest BCUT2D eigenvalue weighted by molar-refractivity contribution is 8.01. The summed E-state index contributed by atoms with van der Waals surface area (Å²) in [5.41, 5.74) is 0.518. The summed E-state index contributed by atoms with van der Waals surface area (Å²) in [5, 5.41) is 5.43. The quantitative estimate of drug-likeness (QED) is 0.815. The molecule has 2 amide bonds. The van der Waals surface area contributed by atoms with Gasteiger partial charge in [-0.1, -0.05) is 12.8 Å². The first-order chi connectivity index (χ1) is 11.8. The second-order valence-electron chi connectivity index (χ2n) is 6.53. The number of amides is 2. The normalized spacial score (nSPS) is 20.8. The standard InChI is InChI=1S/C17H22N2O4S2/c1-11-17(21)19-14-10-13(6-7-15(14)24-11)25(22,23)9-8-16(20)18-12-4-2-3-5-12/h6-7,10-12H,2-5,8-9H2,1H3,(H,18,20)(H,19,21)/t11-/m1/s1. The summed E-state index contributed by atoms with van der Waals surface area (Å²) in [6.07, 6.45) is 4.12. The number of rotatable bonds is 5. The van der Waals surface area contributed by atoms with Gasteiger partial charge in [-0.3, -0.25) is 9.59 Å². The van der Waals surface area contributed by atoms with Crippen LogP contribution in [0.15, 0.2) is 28.0 Å². The van der Waals surface area contributed by atoms with Crippen LogP contribution in [0.1, 0.15) is 39.0 Å². The average Bonchev–Trinajstić information content (AvgIpc) is 3.06. The number of nitrogens with one attached hydrogen (secondary N) is 2. The fourth-order valence-electron chi connectivity index (χ4n) is 3.10. The fourth-order valence-corrected chi connectivity index (χ4v) is 5.29. The van der Waals surface area contributed by atoms with Gasteiger partial charge in [0.15, 0.2) is 9.84 Å². The first-order valence-corrected chi connectivity index (χ1v) is 11.0. The lowest BCUT2D eigenvalue weighted by molar-refractivity contribution is -0.121. The molecule has 1 heterocycles. The zero-order valence-corrected chi connectivity index (χ0v) is 15.7. The monoisotopic (exact) mass is 382 g/mol. The number of hydrogen-bond donors (Lipinski definition) is 2. The number of thioether (sulfide) groups is 1. The van der Waals surface area contributed by atoms with Gasteiger partial charge in [0.2, 0.25) is 11.8 Å². The SMILES string of the molecule is C[C@H]1Sc2ccc(S(=O)(=O)CCC(=O)NC3CCCC3)cc2NC1=O. The van der Waals surface area contributed by atoms with Gasteiger partial charge in [-0.25, -0.2) is 8.42 Å². The zero-order valence-electron chi connectivity index (χ0n) is 14.1. The molecule has 0 saturated heterocycles. The van der Waals surface area contributed by atoms with E-state index >= 15 is 0 Å². The summed E-state index contributed by atoms with van der Waals surface area (Å²) in [5.74, 6) is -0.587. The molecule has 1 atom stereocenters. The Morgan fingerprint density at radius 2 is 2.04 bits per heavy atom. The van der Waals surface area contributed by atoms with Gasteiger partial charge < -0.3 is 10.6 Å². The van der Waals surface area contributed by atoms with Gasteiger partial charge in [0.25, 0.3) is 0 Å². The van der Waals surface area contributed by atoms with Crippen LogP contribution in [0.3, 0.4) is 0 Å². The van der Waals surface area contributed by atoms with E-state index < -0.39 is 9.84 Å². The van der Waals surface area contributed by atoms with Crippen molar-refractivity contribution in [2.75, 3.05) is 11.1 Å². The number of carbonyl (C=O) groups excluding carboxylic acids is 2. The topological polar surface area (TPSA) is 92.3 Å². The predicted octanol–water partition coefficient (Wildman–Crippen LogP) is 2.34. The number of carbonyl (C=O) groups is 2. The molecule has 136 valence electrons. The molecular weight excluding hydrogens is 360 g/mol. The number of sulfone groups is 1. The number of anilines is 1. The molecular formula is C17H22N2O4S2. The zero-order chi connectivity index (χ0) is 18.0. The van der Waals surface area contributed by atoms with Crippen LogP contribution in [0, 0.1) is 0 Å². The molecule has 1 saturated carbocycles. The Labute approximate surface area is 152 Å². The van der Waals surface area contributed by atoms with Crippen molar-refractivity contribution in [3.8, 4) is 0 Å². The van der Waals surface area contributed by atoms with Gasteiger partial charge in [0.05, 0.1) is 21.6 Å². The van der Waals surface area contributed by atoms with Crippen molar-refractivity contribution in [2.45, 2.75) is 60.1 Å². The summed E-state index contributed by atoms with van der Waals surface area (Å²) in [4.78, 5) is 24.7. The van der Waals surface area contributed by atoms with Crippen LogP contribution in [0.2, 0.25) is 0 Å². The summed E-state index contributed by atoms with van der Waals surface area (Å²) < 4.78 is 25.0. The van der Waals surface area contributed by atoms with Crippen molar-refractivity contribution in [3.63, 3.8) is 0 Å². The van der Waals surface area contributed by atoms with E-state index in [1.165, 1.54) is 17.8 Å². The third-order valence-electron chi connectivity index (χ3n) is 4.56. The number of benzene rings is 1. The first kappa shape index (κ1) is 18.3. The van der Waals surface area contributed by atoms with Crippen LogP contribution in [0.4, 0.5) is 5.69 Å². The smallest absolute Gasteiger partial charge is 0.237 e. The van der Waals surface area contributed by atoms with Crippen molar-refractivity contribution in [1.82, 2.24) is 5.32 Å². The minimum atomic E-state index is -3.57. The third kappa shape index (κ3) is 4.36. The van der Waals surface area contributed by atoms with Crippen LogP contribution < -0.4 is 10.6 Å². The number of fused-ring (bicyclic) bond motifs is 1. The van der Waals surface area contributed by atoms with E-state index in [2.05, 4.69) is 10.6 Å². The second-order valence-corrected chi connectivity index (χ2v) is 10.0. The summed E-state index contributed by atoms with van der Waals surface area (Å²) in [7, 11) is -3.57. The fraction of sp³-hybridized carbons (Fsp3) is 0.529. The average molecular weight is 383 g/mol. The maximum Gasteiger partial charge on any atom is 0.237 e.